The zero-order valence-corrected chi connectivity index (χ0v) is 6.16. The van der Waals surface area contributed by atoms with Gasteiger partial charge in [0.2, 0.25) is 0 Å². The Bertz CT molecular complexity index is 41.6. The third-order valence-electron chi connectivity index (χ3n) is 1.21. The summed E-state index contributed by atoms with van der Waals surface area (Å²) >= 11 is 0. The number of hydrogen-bond donors (Lipinski definition) is 3. The Morgan fingerprint density at radius 3 is 1.67 bits per heavy atom. The van der Waals surface area contributed by atoms with E-state index in [1.165, 1.54) is 12.8 Å². The quantitative estimate of drug-likeness (QED) is 0.355. The van der Waals surface area contributed by atoms with Gasteiger partial charge in [-0.1, -0.05) is 0 Å². The molecule has 0 saturated heterocycles. The van der Waals surface area contributed by atoms with Gasteiger partial charge in [0.05, 0.1) is 13.1 Å². The number of rotatable bonds is 6. The van der Waals surface area contributed by atoms with Gasteiger partial charge in [-0.15, -0.1) is 0 Å². The molecule has 3 heteroatoms. The van der Waals surface area contributed by atoms with Crippen molar-refractivity contribution in [2.24, 2.45) is 0 Å². The molecule has 3 nitrogen and oxygen atoms in total. The summed E-state index contributed by atoms with van der Waals surface area (Å²) in [6.45, 7) is 4.31. The minimum atomic E-state index is 1.04. The molecule has 0 spiro atoms. The van der Waals surface area contributed by atoms with Crippen LogP contribution in [0.4, 0.5) is 0 Å². The maximum Gasteiger partial charge on any atom is 0.0752 e. The highest BCUT2D eigenvalue weighted by Gasteiger charge is 1.85. The van der Waals surface area contributed by atoms with Crippen LogP contribution in [0.1, 0.15) is 12.8 Å². The minimum absolute atomic E-state index is 1.04. The van der Waals surface area contributed by atoms with Crippen molar-refractivity contribution in [3.8, 4) is 0 Å². The monoisotopic (exact) mass is 133 g/mol. The second-order valence-corrected chi connectivity index (χ2v) is 2.16. The molecule has 0 aliphatic heterocycles. The average molecular weight is 133 g/mol. The summed E-state index contributed by atoms with van der Waals surface area (Å²) in [5.41, 5.74) is 7.50. The summed E-state index contributed by atoms with van der Waals surface area (Å²) in [5.74, 6) is 0. The first-order valence-electron chi connectivity index (χ1n) is 3.71. The first-order valence-corrected chi connectivity index (χ1v) is 3.71. The fraction of sp³-hybridized carbons (Fsp3) is 1.00. The predicted octanol–water partition coefficient (Wildman–Crippen LogP) is -2.16. The summed E-state index contributed by atoms with van der Waals surface area (Å²) in [4.78, 5) is 0. The molecule has 0 radical (unpaired) electrons. The highest BCUT2D eigenvalue weighted by Crippen LogP contribution is 1.70. The maximum atomic E-state index is 3.75. The summed E-state index contributed by atoms with van der Waals surface area (Å²) in [6.07, 6.45) is 2.38. The van der Waals surface area contributed by atoms with E-state index >= 15 is 0 Å². The fourth-order valence-electron chi connectivity index (χ4n) is 0.625. The molecule has 0 amide bonds. The molecule has 56 valence electrons. The lowest BCUT2D eigenvalue weighted by molar-refractivity contribution is -0.368. The predicted molar refractivity (Wildman–Crippen MR) is 37.6 cm³/mol. The molecular formula is C6H19N3+2. The number of nitrogens with one attached hydrogen (secondary N) is 1. The fourth-order valence-corrected chi connectivity index (χ4v) is 0.625. The number of hydrogen-bond acceptors (Lipinski definition) is 1. The van der Waals surface area contributed by atoms with Gasteiger partial charge in [-0.25, -0.2) is 0 Å². The Morgan fingerprint density at radius 1 is 0.889 bits per heavy atom. The first-order chi connectivity index (χ1) is 4.41. The van der Waals surface area contributed by atoms with E-state index in [0.29, 0.717) is 0 Å². The highest BCUT2D eigenvalue weighted by molar-refractivity contribution is 4.44. The summed E-state index contributed by atoms with van der Waals surface area (Å²) in [6, 6.07) is 0. The normalized spacial score (nSPS) is 10.0. The molecule has 0 aromatic heterocycles. The third kappa shape index (κ3) is 7.88. The van der Waals surface area contributed by atoms with Crippen LogP contribution >= 0.6 is 0 Å². The molecule has 7 N–H and O–H groups in total. The van der Waals surface area contributed by atoms with E-state index < -0.39 is 0 Å². The van der Waals surface area contributed by atoms with E-state index in [1.807, 2.05) is 0 Å². The summed E-state index contributed by atoms with van der Waals surface area (Å²) in [5, 5.41) is 3.31. The molecule has 0 aliphatic carbocycles. The third-order valence-corrected chi connectivity index (χ3v) is 1.21. The Morgan fingerprint density at radius 2 is 1.33 bits per heavy atom. The van der Waals surface area contributed by atoms with Crippen molar-refractivity contribution in [2.75, 3.05) is 26.2 Å². The second-order valence-electron chi connectivity index (χ2n) is 2.16. The van der Waals surface area contributed by atoms with E-state index in [-0.39, 0.29) is 0 Å². The molecule has 0 saturated carbocycles. The van der Waals surface area contributed by atoms with Crippen LogP contribution in [0.3, 0.4) is 0 Å². The Balaban J connectivity index is 2.60. The van der Waals surface area contributed by atoms with Crippen molar-refractivity contribution in [1.82, 2.24) is 5.32 Å². The molecular weight excluding hydrogens is 114 g/mol. The van der Waals surface area contributed by atoms with Gasteiger partial charge in [-0.3, -0.25) is 0 Å². The van der Waals surface area contributed by atoms with Gasteiger partial charge in [0, 0.05) is 25.9 Å². The van der Waals surface area contributed by atoms with Crippen LogP contribution in [-0.2, 0) is 0 Å². The van der Waals surface area contributed by atoms with E-state index in [0.717, 1.165) is 26.2 Å². The van der Waals surface area contributed by atoms with E-state index in [9.17, 15) is 0 Å². The van der Waals surface area contributed by atoms with Crippen molar-refractivity contribution >= 4 is 0 Å². The Kier molecular flexibility index (Phi) is 7.77. The van der Waals surface area contributed by atoms with Crippen LogP contribution in [0.15, 0.2) is 0 Å². The van der Waals surface area contributed by atoms with E-state index in [2.05, 4.69) is 16.8 Å². The van der Waals surface area contributed by atoms with Gasteiger partial charge in [-0.2, -0.15) is 0 Å². The molecule has 0 aromatic carbocycles. The lowest BCUT2D eigenvalue weighted by atomic mass is 10.4. The van der Waals surface area contributed by atoms with Crippen LogP contribution in [0.25, 0.3) is 0 Å². The smallest absolute Gasteiger partial charge is 0.0752 e. The van der Waals surface area contributed by atoms with Gasteiger partial charge in [0.15, 0.2) is 0 Å². The summed E-state index contributed by atoms with van der Waals surface area (Å²) in [7, 11) is 0. The van der Waals surface area contributed by atoms with Crippen molar-refractivity contribution in [1.29, 1.82) is 0 Å². The van der Waals surface area contributed by atoms with E-state index in [1.54, 1.807) is 0 Å². The van der Waals surface area contributed by atoms with Gasteiger partial charge in [0.1, 0.15) is 0 Å². The largest absolute Gasteiger partial charge is 0.358 e. The standard InChI is InChI=1S/C6H17N3/c7-3-1-5-9-6-2-4-8/h9H,1-8H2/p+2. The van der Waals surface area contributed by atoms with E-state index in [4.69, 9.17) is 0 Å². The summed E-state index contributed by atoms with van der Waals surface area (Å²) < 4.78 is 0. The molecule has 0 atom stereocenters. The average Bonchev–Trinajstić information content (AvgIpc) is 1.89. The van der Waals surface area contributed by atoms with Gasteiger partial charge >= 0.3 is 0 Å². The van der Waals surface area contributed by atoms with Crippen molar-refractivity contribution < 1.29 is 11.5 Å². The van der Waals surface area contributed by atoms with Crippen molar-refractivity contribution in [3.63, 3.8) is 0 Å². The Labute approximate surface area is 56.8 Å². The Hall–Kier alpha value is -0.120. The zero-order valence-electron chi connectivity index (χ0n) is 6.16. The second kappa shape index (κ2) is 7.88. The number of quaternary nitrogens is 2. The zero-order chi connectivity index (χ0) is 6.95. The molecule has 0 unspecified atom stereocenters. The molecule has 0 fully saturated rings. The molecule has 0 bridgehead atoms. The topological polar surface area (TPSA) is 67.3 Å². The van der Waals surface area contributed by atoms with Crippen LogP contribution in [0.2, 0.25) is 0 Å². The van der Waals surface area contributed by atoms with Gasteiger partial charge in [0.25, 0.3) is 0 Å². The molecule has 0 aromatic rings. The maximum absolute atomic E-state index is 3.75. The molecule has 0 heterocycles. The minimum Gasteiger partial charge on any atom is -0.358 e. The SMILES string of the molecule is [NH3+]CCCNCCC[NH3+]. The molecule has 9 heavy (non-hydrogen) atoms. The lowest BCUT2D eigenvalue weighted by Crippen LogP contribution is -2.52. The molecule has 0 rings (SSSR count). The van der Waals surface area contributed by atoms with Crippen molar-refractivity contribution in [2.45, 2.75) is 12.8 Å². The van der Waals surface area contributed by atoms with Crippen molar-refractivity contribution in [3.05, 3.63) is 0 Å². The highest BCUT2D eigenvalue weighted by atomic mass is 14.8. The first kappa shape index (κ1) is 8.88. The van der Waals surface area contributed by atoms with Gasteiger partial charge < -0.3 is 16.8 Å². The molecule has 0 aliphatic rings. The van der Waals surface area contributed by atoms with Crippen LogP contribution < -0.4 is 16.8 Å². The van der Waals surface area contributed by atoms with Crippen LogP contribution in [-0.4, -0.2) is 26.2 Å². The van der Waals surface area contributed by atoms with Gasteiger partial charge in [-0.05, 0) is 0 Å². The van der Waals surface area contributed by atoms with Crippen LogP contribution in [0, 0.1) is 0 Å². The lowest BCUT2D eigenvalue weighted by Gasteiger charge is -1.98. The van der Waals surface area contributed by atoms with Crippen LogP contribution in [0.5, 0.6) is 0 Å².